The number of benzene rings is 1. The van der Waals surface area contributed by atoms with Gasteiger partial charge >= 0.3 is 0 Å². The molecule has 1 amide bonds. The molecule has 2 fully saturated rings. The van der Waals surface area contributed by atoms with Crippen molar-refractivity contribution in [3.63, 3.8) is 0 Å². The predicted molar refractivity (Wildman–Crippen MR) is 82.6 cm³/mol. The van der Waals surface area contributed by atoms with Gasteiger partial charge < -0.3 is 15.0 Å². The second-order valence-corrected chi connectivity index (χ2v) is 6.13. The van der Waals surface area contributed by atoms with E-state index in [0.717, 1.165) is 49.8 Å². The molecule has 1 aromatic carbocycles. The van der Waals surface area contributed by atoms with Crippen LogP contribution in [0.25, 0.3) is 0 Å². The summed E-state index contributed by atoms with van der Waals surface area (Å²) in [5.41, 5.74) is 0.761. The van der Waals surface area contributed by atoms with E-state index in [2.05, 4.69) is 5.32 Å². The number of carbonyl (C=O) groups excluding carboxylic acids is 1. The van der Waals surface area contributed by atoms with Crippen LogP contribution in [0.4, 0.5) is 0 Å². The van der Waals surface area contributed by atoms with Gasteiger partial charge in [0.15, 0.2) is 0 Å². The molecule has 1 aromatic rings. The largest absolute Gasteiger partial charge is 0.493 e. The number of nitrogens with one attached hydrogen (secondary N) is 1. The number of carbonyl (C=O) groups is 1. The number of likely N-dealkylation sites (N-methyl/N-ethyl adjacent to an activating group) is 1. The Kier molecular flexibility index (Phi) is 4.44. The third kappa shape index (κ3) is 3.56. The molecular weight excluding hydrogens is 264 g/mol. The molecule has 1 N–H and O–H groups in total. The van der Waals surface area contributed by atoms with Crippen LogP contribution < -0.4 is 10.1 Å². The monoisotopic (exact) mass is 288 g/mol. The Bertz CT molecular complexity index is 482. The smallest absolute Gasteiger partial charge is 0.254 e. The van der Waals surface area contributed by atoms with E-state index in [1.54, 1.807) is 0 Å². The molecule has 4 nitrogen and oxygen atoms in total. The second-order valence-electron chi connectivity index (χ2n) is 6.13. The van der Waals surface area contributed by atoms with Crippen molar-refractivity contribution in [2.75, 3.05) is 26.7 Å². The van der Waals surface area contributed by atoms with Crippen molar-refractivity contribution in [2.24, 2.45) is 5.92 Å². The van der Waals surface area contributed by atoms with Crippen molar-refractivity contribution in [1.29, 1.82) is 0 Å². The van der Waals surface area contributed by atoms with Gasteiger partial charge in [0.05, 0.1) is 6.61 Å². The molecule has 1 aliphatic carbocycles. The molecule has 4 heteroatoms. The molecular formula is C17H24N2O2. The topological polar surface area (TPSA) is 41.6 Å². The highest BCUT2D eigenvalue weighted by Crippen LogP contribution is 2.29. The van der Waals surface area contributed by atoms with Crippen molar-refractivity contribution < 1.29 is 9.53 Å². The van der Waals surface area contributed by atoms with Crippen molar-refractivity contribution in [3.05, 3.63) is 29.8 Å². The Labute approximate surface area is 126 Å². The quantitative estimate of drug-likeness (QED) is 0.873. The first-order valence-electron chi connectivity index (χ1n) is 7.96. The summed E-state index contributed by atoms with van der Waals surface area (Å²) < 4.78 is 5.71. The average Bonchev–Trinajstić information content (AvgIpc) is 3.23. The van der Waals surface area contributed by atoms with Gasteiger partial charge in [-0.15, -0.1) is 0 Å². The number of ether oxygens (including phenoxy) is 1. The lowest BCUT2D eigenvalue weighted by Gasteiger charge is -2.24. The number of rotatable bonds is 6. The standard InChI is InChI=1S/C17H24N2O2/c1-18-11-15-3-2-10-19(15)17(20)14-6-8-16(9-7-14)21-12-13-4-5-13/h6-9,13,15,18H,2-5,10-12H2,1H3. The Balaban J connectivity index is 1.60. The van der Waals surface area contributed by atoms with Crippen LogP contribution in [0.3, 0.4) is 0 Å². The van der Waals surface area contributed by atoms with E-state index in [4.69, 9.17) is 4.74 Å². The molecule has 1 saturated heterocycles. The molecule has 21 heavy (non-hydrogen) atoms. The summed E-state index contributed by atoms with van der Waals surface area (Å²) in [6.45, 7) is 2.54. The summed E-state index contributed by atoms with van der Waals surface area (Å²) in [6, 6.07) is 7.93. The summed E-state index contributed by atoms with van der Waals surface area (Å²) in [5.74, 6) is 1.76. The van der Waals surface area contributed by atoms with Gasteiger partial charge in [0.2, 0.25) is 0 Å². The van der Waals surface area contributed by atoms with Crippen LogP contribution in [0.2, 0.25) is 0 Å². The van der Waals surface area contributed by atoms with E-state index in [-0.39, 0.29) is 5.91 Å². The van der Waals surface area contributed by atoms with Crippen molar-refractivity contribution in [2.45, 2.75) is 31.7 Å². The van der Waals surface area contributed by atoms with E-state index in [0.29, 0.717) is 6.04 Å². The molecule has 114 valence electrons. The number of likely N-dealkylation sites (tertiary alicyclic amines) is 1. The lowest BCUT2D eigenvalue weighted by molar-refractivity contribution is 0.0737. The molecule has 0 aromatic heterocycles. The fourth-order valence-corrected chi connectivity index (χ4v) is 2.91. The molecule has 2 aliphatic rings. The summed E-state index contributed by atoms with van der Waals surface area (Å²) >= 11 is 0. The lowest BCUT2D eigenvalue weighted by atomic mass is 10.1. The third-order valence-electron chi connectivity index (χ3n) is 4.36. The second kappa shape index (κ2) is 6.48. The van der Waals surface area contributed by atoms with Crippen LogP contribution in [0, 0.1) is 5.92 Å². The van der Waals surface area contributed by atoms with Gasteiger partial charge in [-0.1, -0.05) is 0 Å². The van der Waals surface area contributed by atoms with E-state index in [9.17, 15) is 4.79 Å². The minimum absolute atomic E-state index is 0.140. The van der Waals surface area contributed by atoms with Gasteiger partial charge in [0.1, 0.15) is 5.75 Å². The van der Waals surface area contributed by atoms with E-state index in [1.807, 2.05) is 36.2 Å². The molecule has 1 heterocycles. The van der Waals surface area contributed by atoms with Gasteiger partial charge in [-0.05, 0) is 62.9 Å². The minimum Gasteiger partial charge on any atom is -0.493 e. The molecule has 3 rings (SSSR count). The SMILES string of the molecule is CNCC1CCCN1C(=O)c1ccc(OCC2CC2)cc1. The highest BCUT2D eigenvalue weighted by atomic mass is 16.5. The maximum Gasteiger partial charge on any atom is 0.254 e. The molecule has 0 bridgehead atoms. The Morgan fingerprint density at radius 2 is 2.05 bits per heavy atom. The highest BCUT2D eigenvalue weighted by Gasteiger charge is 2.28. The molecule has 0 spiro atoms. The normalized spacial score (nSPS) is 21.6. The zero-order valence-corrected chi connectivity index (χ0v) is 12.7. The zero-order chi connectivity index (χ0) is 14.7. The maximum absolute atomic E-state index is 12.6. The number of hydrogen-bond donors (Lipinski definition) is 1. The van der Waals surface area contributed by atoms with Crippen LogP contribution >= 0.6 is 0 Å². The molecule has 1 unspecified atom stereocenters. The fraction of sp³-hybridized carbons (Fsp3) is 0.588. The van der Waals surface area contributed by atoms with E-state index in [1.165, 1.54) is 12.8 Å². The van der Waals surface area contributed by atoms with Crippen LogP contribution in [0.5, 0.6) is 5.75 Å². The number of nitrogens with zero attached hydrogens (tertiary/aromatic N) is 1. The summed E-state index contributed by atoms with van der Waals surface area (Å²) in [7, 11) is 1.94. The van der Waals surface area contributed by atoms with Crippen LogP contribution in [0.15, 0.2) is 24.3 Å². The number of amides is 1. The zero-order valence-electron chi connectivity index (χ0n) is 12.7. The molecule has 1 saturated carbocycles. The van der Waals surface area contributed by atoms with Gasteiger partial charge in [0, 0.05) is 24.7 Å². The van der Waals surface area contributed by atoms with Crippen molar-refractivity contribution in [1.82, 2.24) is 10.2 Å². The Morgan fingerprint density at radius 3 is 2.71 bits per heavy atom. The van der Waals surface area contributed by atoms with Gasteiger partial charge in [-0.25, -0.2) is 0 Å². The first-order chi connectivity index (χ1) is 10.3. The van der Waals surface area contributed by atoms with Crippen LogP contribution in [-0.2, 0) is 0 Å². The summed E-state index contributed by atoms with van der Waals surface area (Å²) in [5, 5.41) is 3.17. The van der Waals surface area contributed by atoms with Gasteiger partial charge in [-0.2, -0.15) is 0 Å². The Morgan fingerprint density at radius 1 is 1.29 bits per heavy atom. The van der Waals surface area contributed by atoms with Crippen LogP contribution in [0.1, 0.15) is 36.0 Å². The first-order valence-corrected chi connectivity index (χ1v) is 7.96. The predicted octanol–water partition coefficient (Wildman–Crippen LogP) is 2.30. The van der Waals surface area contributed by atoms with E-state index >= 15 is 0 Å². The third-order valence-corrected chi connectivity index (χ3v) is 4.36. The van der Waals surface area contributed by atoms with Crippen LogP contribution in [-0.4, -0.2) is 43.6 Å². The summed E-state index contributed by atoms with van der Waals surface area (Å²) in [4.78, 5) is 14.6. The van der Waals surface area contributed by atoms with Gasteiger partial charge in [-0.3, -0.25) is 4.79 Å². The first kappa shape index (κ1) is 14.4. The number of hydrogen-bond acceptors (Lipinski definition) is 3. The van der Waals surface area contributed by atoms with E-state index < -0.39 is 0 Å². The Hall–Kier alpha value is -1.55. The average molecular weight is 288 g/mol. The fourth-order valence-electron chi connectivity index (χ4n) is 2.91. The van der Waals surface area contributed by atoms with Crippen molar-refractivity contribution >= 4 is 5.91 Å². The van der Waals surface area contributed by atoms with Crippen molar-refractivity contribution in [3.8, 4) is 5.75 Å². The molecule has 1 aliphatic heterocycles. The van der Waals surface area contributed by atoms with Gasteiger partial charge in [0.25, 0.3) is 5.91 Å². The summed E-state index contributed by atoms with van der Waals surface area (Å²) in [6.07, 6.45) is 4.77. The molecule has 0 radical (unpaired) electrons. The maximum atomic E-state index is 12.6. The minimum atomic E-state index is 0.140. The molecule has 1 atom stereocenters. The highest BCUT2D eigenvalue weighted by molar-refractivity contribution is 5.94. The lowest BCUT2D eigenvalue weighted by Crippen LogP contribution is -2.40.